The molecule has 0 aliphatic rings. The van der Waals surface area contributed by atoms with Crippen molar-refractivity contribution >= 4 is 33.9 Å². The second-order valence-electron chi connectivity index (χ2n) is 13.0. The summed E-state index contributed by atoms with van der Waals surface area (Å²) in [6, 6.07) is 42.0. The normalized spacial score (nSPS) is 13.3. The first-order chi connectivity index (χ1) is 18.1. The highest BCUT2D eigenvalue weighted by molar-refractivity contribution is 6.93. The molecule has 1 unspecified atom stereocenters. The minimum Gasteiger partial charge on any atom is -0.0669 e. The summed E-state index contributed by atoms with van der Waals surface area (Å²) in [6.45, 7) is 13.9. The van der Waals surface area contributed by atoms with Crippen molar-refractivity contribution in [3.63, 3.8) is 0 Å². The summed E-state index contributed by atoms with van der Waals surface area (Å²) in [5, 5.41) is 5.61. The van der Waals surface area contributed by atoms with Gasteiger partial charge in [0.25, 0.3) is 0 Å². The summed E-state index contributed by atoms with van der Waals surface area (Å²) in [6.07, 6.45) is 3.75. The van der Waals surface area contributed by atoms with Crippen LogP contribution in [-0.2, 0) is 17.3 Å². The van der Waals surface area contributed by atoms with Gasteiger partial charge in [0.2, 0.25) is 0 Å². The lowest BCUT2D eigenvalue weighted by atomic mass is 9.87. The molecule has 2 heteroatoms. The molecule has 4 aromatic rings. The van der Waals surface area contributed by atoms with Gasteiger partial charge < -0.3 is 0 Å². The number of hydrogen-bond donors (Lipinski definition) is 0. The van der Waals surface area contributed by atoms with Crippen LogP contribution in [0.15, 0.2) is 109 Å². The monoisotopic (exact) mass is 534 g/mol. The molecule has 0 saturated carbocycles. The molecule has 0 fully saturated rings. The van der Waals surface area contributed by atoms with Crippen LogP contribution < -0.4 is 15.6 Å². The second kappa shape index (κ2) is 12.4. The van der Waals surface area contributed by atoms with Gasteiger partial charge in [-0.05, 0) is 45.5 Å². The first-order valence-electron chi connectivity index (χ1n) is 14.4. The minimum absolute atomic E-state index is 0.178. The molecule has 0 bridgehead atoms. The van der Waals surface area contributed by atoms with Gasteiger partial charge in [-0.25, -0.2) is 0 Å². The summed E-state index contributed by atoms with van der Waals surface area (Å²) in [5.74, 6) is 0. The second-order valence-corrected chi connectivity index (χ2v) is 19.5. The topological polar surface area (TPSA) is 0 Å². The van der Waals surface area contributed by atoms with Crippen LogP contribution in [0.25, 0.3) is 0 Å². The van der Waals surface area contributed by atoms with Crippen molar-refractivity contribution in [3.8, 4) is 0 Å². The lowest BCUT2D eigenvalue weighted by molar-refractivity contribution is 0.590. The van der Waals surface area contributed by atoms with E-state index in [9.17, 15) is 0 Å². The largest absolute Gasteiger partial charge is 0.103 e. The molecule has 198 valence electrons. The molecule has 0 heterocycles. The molecule has 0 amide bonds. The van der Waals surface area contributed by atoms with Crippen molar-refractivity contribution in [2.45, 2.75) is 76.8 Å². The van der Waals surface area contributed by atoms with Crippen LogP contribution in [0.4, 0.5) is 0 Å². The number of aryl methyl sites for hydroxylation is 1. The van der Waals surface area contributed by atoms with Crippen LogP contribution in [0.2, 0.25) is 5.16 Å². The molecule has 0 radical (unpaired) electrons. The first-order valence-corrected chi connectivity index (χ1v) is 17.7. The van der Waals surface area contributed by atoms with Gasteiger partial charge in [-0.1, -0.05) is 173 Å². The Bertz CT molecular complexity index is 1190. The Morgan fingerprint density at radius 1 is 0.579 bits per heavy atom. The van der Waals surface area contributed by atoms with E-state index in [1.807, 2.05) is 0 Å². The Kier molecular flexibility index (Phi) is 9.28. The maximum Gasteiger partial charge on any atom is 0.103 e. The Hall–Kier alpha value is -2.69. The van der Waals surface area contributed by atoms with Gasteiger partial charge in [0.1, 0.15) is 8.80 Å². The zero-order valence-corrected chi connectivity index (χ0v) is 26.9. The van der Waals surface area contributed by atoms with Crippen molar-refractivity contribution in [1.29, 1.82) is 0 Å². The van der Waals surface area contributed by atoms with Gasteiger partial charge in [0.05, 0.1) is 9.52 Å². The average Bonchev–Trinajstić information content (AvgIpc) is 2.89. The van der Waals surface area contributed by atoms with Crippen molar-refractivity contribution < 1.29 is 0 Å². The Morgan fingerprint density at radius 3 is 1.47 bits per heavy atom. The predicted octanol–water partition coefficient (Wildman–Crippen LogP) is 6.47. The van der Waals surface area contributed by atoms with Crippen molar-refractivity contribution in [2.24, 2.45) is 0 Å². The molecule has 0 aliphatic carbocycles. The summed E-state index contributed by atoms with van der Waals surface area (Å²) < 4.78 is 0. The fourth-order valence-corrected chi connectivity index (χ4v) is 13.9. The van der Waals surface area contributed by atoms with Gasteiger partial charge in [-0.15, -0.1) is 0 Å². The maximum atomic E-state index is 2.48. The molecule has 0 nitrogen and oxygen atoms in total. The molecule has 1 atom stereocenters. The predicted molar refractivity (Wildman–Crippen MR) is 174 cm³/mol. The van der Waals surface area contributed by atoms with E-state index in [4.69, 9.17) is 0 Å². The molecular formula is C36H46Si2. The third-order valence-electron chi connectivity index (χ3n) is 7.97. The van der Waals surface area contributed by atoms with Gasteiger partial charge in [0, 0.05) is 0 Å². The Balaban J connectivity index is 1.71. The molecule has 38 heavy (non-hydrogen) atoms. The number of rotatable bonds is 9. The molecule has 0 aliphatic heterocycles. The van der Waals surface area contributed by atoms with Crippen molar-refractivity contribution in [2.75, 3.05) is 0 Å². The zero-order chi connectivity index (χ0) is 27.2. The average molecular weight is 535 g/mol. The van der Waals surface area contributed by atoms with Gasteiger partial charge in [-0.3, -0.25) is 0 Å². The fourth-order valence-electron chi connectivity index (χ4n) is 5.63. The Labute approximate surface area is 236 Å². The molecule has 0 aromatic heterocycles. The minimum atomic E-state index is -1.45. The van der Waals surface area contributed by atoms with Gasteiger partial charge in [-0.2, -0.15) is 0 Å². The lowest BCUT2D eigenvalue weighted by Crippen LogP contribution is -2.49. The van der Waals surface area contributed by atoms with E-state index in [0.717, 1.165) is 5.16 Å². The quantitative estimate of drug-likeness (QED) is 0.216. The molecule has 0 spiro atoms. The van der Waals surface area contributed by atoms with E-state index in [1.165, 1.54) is 36.0 Å². The highest BCUT2D eigenvalue weighted by Crippen LogP contribution is 2.25. The van der Waals surface area contributed by atoms with E-state index in [0.29, 0.717) is 0 Å². The van der Waals surface area contributed by atoms with Crippen LogP contribution >= 0.6 is 0 Å². The molecule has 0 saturated heterocycles. The van der Waals surface area contributed by atoms with E-state index in [2.05, 4.69) is 151 Å². The molecular weight excluding hydrogens is 489 g/mol. The molecule has 4 rings (SSSR count). The van der Waals surface area contributed by atoms with E-state index in [-0.39, 0.29) is 10.8 Å². The number of benzene rings is 4. The Morgan fingerprint density at radius 2 is 1.03 bits per heavy atom. The van der Waals surface area contributed by atoms with Crippen LogP contribution in [-0.4, -0.2) is 18.3 Å². The number of hydrogen-bond acceptors (Lipinski definition) is 0. The van der Waals surface area contributed by atoms with E-state index >= 15 is 0 Å². The van der Waals surface area contributed by atoms with Crippen LogP contribution in [0, 0.1) is 0 Å². The SMILES string of the molecule is CC(C)(C)c1ccc([SiH](c2ccc(C(C)(C)C)cc2)C(CCCc2ccccc2)[SiH2]c2ccccc2)cc1. The first kappa shape index (κ1) is 28.3. The smallest absolute Gasteiger partial charge is 0.0669 e. The van der Waals surface area contributed by atoms with Crippen LogP contribution in [0.5, 0.6) is 0 Å². The summed E-state index contributed by atoms with van der Waals surface area (Å²) in [7, 11) is -1.89. The van der Waals surface area contributed by atoms with Gasteiger partial charge >= 0.3 is 0 Å². The summed E-state index contributed by atoms with van der Waals surface area (Å²) >= 11 is 0. The van der Waals surface area contributed by atoms with Crippen LogP contribution in [0.1, 0.15) is 71.1 Å². The zero-order valence-electron chi connectivity index (χ0n) is 24.4. The third-order valence-corrected chi connectivity index (χ3v) is 15.4. The summed E-state index contributed by atoms with van der Waals surface area (Å²) in [4.78, 5) is 0. The molecule has 0 N–H and O–H groups in total. The lowest BCUT2D eigenvalue weighted by Gasteiger charge is -2.29. The van der Waals surface area contributed by atoms with E-state index in [1.54, 1.807) is 15.6 Å². The highest BCUT2D eigenvalue weighted by Gasteiger charge is 2.28. The fraction of sp³-hybridized carbons (Fsp3) is 0.333. The highest BCUT2D eigenvalue weighted by atomic mass is 28.3. The maximum absolute atomic E-state index is 2.48. The van der Waals surface area contributed by atoms with E-state index < -0.39 is 18.3 Å². The third kappa shape index (κ3) is 7.68. The van der Waals surface area contributed by atoms with Crippen molar-refractivity contribution in [1.82, 2.24) is 0 Å². The van der Waals surface area contributed by atoms with Crippen molar-refractivity contribution in [3.05, 3.63) is 126 Å². The van der Waals surface area contributed by atoms with Gasteiger partial charge in [0.15, 0.2) is 0 Å². The molecule has 4 aromatic carbocycles. The summed E-state index contributed by atoms with van der Waals surface area (Å²) in [5.41, 5.74) is 4.68. The van der Waals surface area contributed by atoms with Crippen LogP contribution in [0.3, 0.4) is 0 Å². The standard InChI is InChI=1S/C36H46Si2/c1-35(2,3)29-20-24-32(25-21-29)38(33-26-22-30(23-27-33)36(4,5)6)34(37-31-17-11-8-12-18-31)19-13-16-28-14-9-7-10-15-28/h7-12,14-15,17-18,20-27,34,38H,13,16,19,37H2,1-6H3.